The van der Waals surface area contributed by atoms with Crippen LogP contribution in [-0.2, 0) is 12.1 Å². The molecule has 1 atom stereocenters. The molecule has 0 unspecified atom stereocenters. The SMILES string of the molecule is COc1ccc(CN2C(=O)N[C@@](c3ccccc3)(C(F)(F)F)c3cc(C)ccc32)cc1. The molecule has 0 aliphatic carbocycles. The molecule has 0 bridgehead atoms. The van der Waals surface area contributed by atoms with Crippen molar-refractivity contribution >= 4 is 11.7 Å². The Kier molecular flexibility index (Phi) is 5.13. The van der Waals surface area contributed by atoms with Gasteiger partial charge in [-0.15, -0.1) is 0 Å². The van der Waals surface area contributed by atoms with Crippen molar-refractivity contribution in [3.8, 4) is 5.75 Å². The summed E-state index contributed by atoms with van der Waals surface area (Å²) in [6.45, 7) is 1.85. The van der Waals surface area contributed by atoms with Crippen LogP contribution in [0.2, 0.25) is 0 Å². The Morgan fingerprint density at radius 3 is 2.29 bits per heavy atom. The van der Waals surface area contributed by atoms with Crippen LogP contribution in [0.4, 0.5) is 23.7 Å². The minimum absolute atomic E-state index is 0.000637. The first-order valence-electron chi connectivity index (χ1n) is 9.72. The molecule has 0 saturated carbocycles. The standard InChI is InChI=1S/C24H21F3N2O2/c1-16-8-13-21-20(14-16)23(24(25,26)27,18-6-4-3-5-7-18)28-22(30)29(21)15-17-9-11-19(31-2)12-10-17/h3-14H,15H2,1-2H3,(H,28,30)/t23-/m1/s1. The van der Waals surface area contributed by atoms with Crippen molar-refractivity contribution in [1.29, 1.82) is 0 Å². The molecule has 4 rings (SSSR count). The van der Waals surface area contributed by atoms with E-state index >= 15 is 0 Å². The van der Waals surface area contributed by atoms with Crippen LogP contribution < -0.4 is 15.0 Å². The summed E-state index contributed by atoms with van der Waals surface area (Å²) in [7, 11) is 1.55. The molecule has 7 heteroatoms. The lowest BCUT2D eigenvalue weighted by Gasteiger charge is -2.45. The van der Waals surface area contributed by atoms with Gasteiger partial charge in [-0.3, -0.25) is 4.90 Å². The predicted molar refractivity (Wildman–Crippen MR) is 112 cm³/mol. The number of amides is 2. The highest BCUT2D eigenvalue weighted by Gasteiger charge is 2.61. The van der Waals surface area contributed by atoms with Crippen LogP contribution in [0.3, 0.4) is 0 Å². The number of aryl methyl sites for hydroxylation is 1. The average molecular weight is 426 g/mol. The van der Waals surface area contributed by atoms with E-state index in [9.17, 15) is 18.0 Å². The number of urea groups is 1. The fourth-order valence-corrected chi connectivity index (χ4v) is 3.96. The van der Waals surface area contributed by atoms with Gasteiger partial charge in [-0.2, -0.15) is 13.2 Å². The monoisotopic (exact) mass is 426 g/mol. The van der Waals surface area contributed by atoms with Crippen molar-refractivity contribution in [2.45, 2.75) is 25.2 Å². The maximum absolute atomic E-state index is 14.7. The highest BCUT2D eigenvalue weighted by molar-refractivity contribution is 5.97. The number of halogens is 3. The van der Waals surface area contributed by atoms with Gasteiger partial charge in [-0.05, 0) is 36.2 Å². The normalized spacial score (nSPS) is 18.4. The predicted octanol–water partition coefficient (Wildman–Crippen LogP) is 5.54. The molecule has 1 aliphatic rings. The first-order chi connectivity index (χ1) is 14.8. The average Bonchev–Trinajstić information content (AvgIpc) is 2.75. The van der Waals surface area contributed by atoms with E-state index in [2.05, 4.69) is 5.32 Å². The molecule has 0 fully saturated rings. The van der Waals surface area contributed by atoms with Gasteiger partial charge in [-0.25, -0.2) is 4.79 Å². The summed E-state index contributed by atoms with van der Waals surface area (Å²) in [5.74, 6) is 0.656. The van der Waals surface area contributed by atoms with Gasteiger partial charge >= 0.3 is 12.2 Å². The van der Waals surface area contributed by atoms with Crippen LogP contribution in [-0.4, -0.2) is 19.3 Å². The zero-order valence-corrected chi connectivity index (χ0v) is 17.0. The number of benzene rings is 3. The molecule has 3 aromatic rings. The number of alkyl halides is 3. The number of anilines is 1. The smallest absolute Gasteiger partial charge is 0.420 e. The van der Waals surface area contributed by atoms with E-state index in [4.69, 9.17) is 4.74 Å². The third-order valence-corrected chi connectivity index (χ3v) is 5.52. The number of nitrogens with one attached hydrogen (secondary N) is 1. The van der Waals surface area contributed by atoms with Gasteiger partial charge in [0, 0.05) is 5.56 Å². The van der Waals surface area contributed by atoms with Crippen molar-refractivity contribution in [2.75, 3.05) is 12.0 Å². The molecule has 1 N–H and O–H groups in total. The van der Waals surface area contributed by atoms with E-state index in [1.165, 1.54) is 35.2 Å². The topological polar surface area (TPSA) is 41.6 Å². The highest BCUT2D eigenvalue weighted by Crippen LogP contribution is 2.50. The summed E-state index contributed by atoms with van der Waals surface area (Å²) in [6.07, 6.45) is -4.75. The Morgan fingerprint density at radius 1 is 1.00 bits per heavy atom. The zero-order chi connectivity index (χ0) is 22.2. The van der Waals surface area contributed by atoms with E-state index in [0.29, 0.717) is 11.3 Å². The second-order valence-electron chi connectivity index (χ2n) is 7.50. The Balaban J connectivity index is 1.88. The van der Waals surface area contributed by atoms with Gasteiger partial charge in [0.2, 0.25) is 0 Å². The lowest BCUT2D eigenvalue weighted by molar-refractivity contribution is -0.184. The molecule has 0 saturated heterocycles. The Labute approximate surface area is 178 Å². The van der Waals surface area contributed by atoms with E-state index in [1.54, 1.807) is 56.5 Å². The number of rotatable bonds is 4. The second kappa shape index (κ2) is 7.65. The first-order valence-corrected chi connectivity index (χ1v) is 9.72. The fraction of sp³-hybridized carbons (Fsp3) is 0.208. The number of methoxy groups -OCH3 is 1. The van der Waals surface area contributed by atoms with Gasteiger partial charge < -0.3 is 10.1 Å². The number of hydrogen-bond donors (Lipinski definition) is 1. The summed E-state index contributed by atoms with van der Waals surface area (Å²) < 4.78 is 49.1. The second-order valence-corrected chi connectivity index (χ2v) is 7.50. The molecule has 0 spiro atoms. The molecule has 0 radical (unpaired) electrons. The lowest BCUT2D eigenvalue weighted by Crippen LogP contribution is -2.63. The van der Waals surface area contributed by atoms with Crippen molar-refractivity contribution in [3.63, 3.8) is 0 Å². The zero-order valence-electron chi connectivity index (χ0n) is 17.0. The van der Waals surface area contributed by atoms with Gasteiger partial charge in [0.15, 0.2) is 5.54 Å². The summed E-state index contributed by atoms with van der Waals surface area (Å²) in [5, 5.41) is 2.30. The lowest BCUT2D eigenvalue weighted by atomic mass is 9.79. The molecular formula is C24H21F3N2O2. The van der Waals surface area contributed by atoms with Gasteiger partial charge in [0.25, 0.3) is 0 Å². The third-order valence-electron chi connectivity index (χ3n) is 5.52. The molecular weight excluding hydrogens is 405 g/mol. The summed E-state index contributed by atoms with van der Waals surface area (Å²) >= 11 is 0. The van der Waals surface area contributed by atoms with Gasteiger partial charge in [0.05, 0.1) is 19.3 Å². The summed E-state index contributed by atoms with van der Waals surface area (Å²) in [6, 6.07) is 18.5. The van der Waals surface area contributed by atoms with Crippen molar-refractivity contribution < 1.29 is 22.7 Å². The molecule has 1 aliphatic heterocycles. The first kappa shape index (κ1) is 20.8. The van der Waals surface area contributed by atoms with E-state index in [1.807, 2.05) is 0 Å². The Morgan fingerprint density at radius 2 is 1.68 bits per heavy atom. The van der Waals surface area contributed by atoms with E-state index in [-0.39, 0.29) is 23.4 Å². The molecule has 3 aromatic carbocycles. The number of ether oxygens (including phenoxy) is 1. The maximum Gasteiger partial charge on any atom is 0.420 e. The fourth-order valence-electron chi connectivity index (χ4n) is 3.96. The number of carbonyl (C=O) groups excluding carboxylic acids is 1. The van der Waals surface area contributed by atoms with Gasteiger partial charge in [-0.1, -0.05) is 60.2 Å². The molecule has 160 valence electrons. The van der Waals surface area contributed by atoms with Crippen LogP contribution in [0.1, 0.15) is 22.3 Å². The van der Waals surface area contributed by atoms with Crippen molar-refractivity contribution in [2.24, 2.45) is 0 Å². The number of fused-ring (bicyclic) bond motifs is 1. The van der Waals surface area contributed by atoms with Crippen LogP contribution in [0.25, 0.3) is 0 Å². The van der Waals surface area contributed by atoms with Crippen LogP contribution >= 0.6 is 0 Å². The van der Waals surface area contributed by atoms with Crippen molar-refractivity contribution in [1.82, 2.24) is 5.32 Å². The summed E-state index contributed by atoms with van der Waals surface area (Å²) in [5.41, 5.74) is -1.01. The van der Waals surface area contributed by atoms with Crippen LogP contribution in [0.5, 0.6) is 5.75 Å². The van der Waals surface area contributed by atoms with Gasteiger partial charge in [0.1, 0.15) is 5.75 Å². The largest absolute Gasteiger partial charge is 0.497 e. The Hall–Kier alpha value is -3.48. The highest BCUT2D eigenvalue weighted by atomic mass is 19.4. The number of carbonyl (C=O) groups is 1. The molecule has 1 heterocycles. The Bertz CT molecular complexity index is 1100. The minimum atomic E-state index is -4.75. The maximum atomic E-state index is 14.7. The number of hydrogen-bond acceptors (Lipinski definition) is 2. The van der Waals surface area contributed by atoms with E-state index in [0.717, 1.165) is 5.56 Å². The van der Waals surface area contributed by atoms with Crippen LogP contribution in [0.15, 0.2) is 72.8 Å². The summed E-state index contributed by atoms with van der Waals surface area (Å²) in [4.78, 5) is 14.4. The molecule has 2 amide bonds. The quantitative estimate of drug-likeness (QED) is 0.595. The third kappa shape index (κ3) is 3.50. The van der Waals surface area contributed by atoms with Crippen LogP contribution in [0, 0.1) is 6.92 Å². The number of nitrogens with zero attached hydrogens (tertiary/aromatic N) is 1. The minimum Gasteiger partial charge on any atom is -0.497 e. The van der Waals surface area contributed by atoms with Crippen molar-refractivity contribution in [3.05, 3.63) is 95.1 Å². The van der Waals surface area contributed by atoms with E-state index < -0.39 is 17.7 Å². The molecule has 31 heavy (non-hydrogen) atoms. The molecule has 0 aromatic heterocycles. The molecule has 4 nitrogen and oxygen atoms in total.